The third-order valence-electron chi connectivity index (χ3n) is 4.63. The molecular formula is C20H26N2O4S. The van der Waals surface area contributed by atoms with Gasteiger partial charge in [0.1, 0.15) is 0 Å². The predicted molar refractivity (Wildman–Crippen MR) is 105 cm³/mol. The topological polar surface area (TPSA) is 75.7 Å². The van der Waals surface area contributed by atoms with Gasteiger partial charge in [-0.25, -0.2) is 8.42 Å². The summed E-state index contributed by atoms with van der Waals surface area (Å²) in [5.41, 5.74) is 0. The van der Waals surface area contributed by atoms with E-state index in [0.717, 1.165) is 34.0 Å². The largest absolute Gasteiger partial charge is 0.381 e. The maximum atomic E-state index is 12.7. The molecule has 27 heavy (non-hydrogen) atoms. The highest BCUT2D eigenvalue weighted by molar-refractivity contribution is 7.89. The van der Waals surface area contributed by atoms with E-state index in [1.807, 2.05) is 24.3 Å². The van der Waals surface area contributed by atoms with E-state index in [-0.39, 0.29) is 17.3 Å². The van der Waals surface area contributed by atoms with Gasteiger partial charge >= 0.3 is 0 Å². The molecule has 0 aliphatic heterocycles. The van der Waals surface area contributed by atoms with Crippen molar-refractivity contribution in [3.8, 4) is 0 Å². The normalized spacial score (nSPS) is 14.6. The Balaban J connectivity index is 1.48. The Hall–Kier alpha value is -1.96. The van der Waals surface area contributed by atoms with E-state index in [2.05, 4.69) is 5.32 Å². The zero-order valence-electron chi connectivity index (χ0n) is 15.6. The van der Waals surface area contributed by atoms with Crippen LogP contribution in [0.15, 0.2) is 47.4 Å². The van der Waals surface area contributed by atoms with Crippen molar-refractivity contribution in [1.82, 2.24) is 9.62 Å². The third-order valence-corrected chi connectivity index (χ3v) is 6.43. The number of carbonyl (C=O) groups excluding carboxylic acids is 1. The van der Waals surface area contributed by atoms with Gasteiger partial charge in [-0.15, -0.1) is 0 Å². The Morgan fingerprint density at radius 1 is 1.19 bits per heavy atom. The number of sulfonamides is 1. The number of carbonyl (C=O) groups is 1. The summed E-state index contributed by atoms with van der Waals surface area (Å²) < 4.78 is 32.0. The van der Waals surface area contributed by atoms with Crippen LogP contribution in [-0.4, -0.2) is 52.0 Å². The molecular weight excluding hydrogens is 364 g/mol. The maximum absolute atomic E-state index is 12.7. The first-order chi connectivity index (χ1) is 13.0. The molecule has 146 valence electrons. The lowest BCUT2D eigenvalue weighted by atomic mass is 10.1. The lowest BCUT2D eigenvalue weighted by Gasteiger charge is -2.17. The molecule has 0 aromatic heterocycles. The number of nitrogens with one attached hydrogen (secondary N) is 1. The van der Waals surface area contributed by atoms with E-state index in [4.69, 9.17) is 4.74 Å². The Morgan fingerprint density at radius 2 is 1.93 bits per heavy atom. The van der Waals surface area contributed by atoms with Gasteiger partial charge in [0.2, 0.25) is 15.9 Å². The Morgan fingerprint density at radius 3 is 2.67 bits per heavy atom. The molecule has 0 saturated heterocycles. The number of fused-ring (bicyclic) bond motifs is 1. The second kappa shape index (κ2) is 8.82. The molecule has 1 N–H and O–H groups in total. The fourth-order valence-corrected chi connectivity index (χ4v) is 3.95. The van der Waals surface area contributed by atoms with Gasteiger partial charge in [0, 0.05) is 26.8 Å². The first kappa shape index (κ1) is 19.8. The summed E-state index contributed by atoms with van der Waals surface area (Å²) in [5, 5.41) is 4.57. The van der Waals surface area contributed by atoms with Gasteiger partial charge in [-0.1, -0.05) is 30.3 Å². The van der Waals surface area contributed by atoms with E-state index in [9.17, 15) is 13.2 Å². The molecule has 0 radical (unpaired) electrons. The van der Waals surface area contributed by atoms with Crippen LogP contribution in [0.5, 0.6) is 0 Å². The molecule has 0 spiro atoms. The van der Waals surface area contributed by atoms with E-state index >= 15 is 0 Å². The zero-order chi connectivity index (χ0) is 19.3. The van der Waals surface area contributed by atoms with Crippen LogP contribution < -0.4 is 5.32 Å². The second-order valence-electron chi connectivity index (χ2n) is 6.99. The molecule has 6 nitrogen and oxygen atoms in total. The number of amides is 1. The maximum Gasteiger partial charge on any atom is 0.243 e. The molecule has 1 fully saturated rings. The van der Waals surface area contributed by atoms with Gasteiger partial charge in [-0.2, -0.15) is 4.31 Å². The summed E-state index contributed by atoms with van der Waals surface area (Å²) in [7, 11) is -2.30. The lowest BCUT2D eigenvalue weighted by Crippen LogP contribution is -2.38. The first-order valence-electron chi connectivity index (χ1n) is 9.26. The van der Waals surface area contributed by atoms with Gasteiger partial charge in [0.15, 0.2) is 0 Å². The summed E-state index contributed by atoms with van der Waals surface area (Å²) in [5.74, 6) is 0.414. The SMILES string of the molecule is CN(CC(=O)NCCCOCC1CC1)S(=O)(=O)c1ccc2ccccc2c1. The standard InChI is InChI=1S/C20H26N2O4S/c1-22(14-20(23)21-11-4-12-26-15-16-7-8-16)27(24,25)19-10-9-17-5-2-3-6-18(17)13-19/h2-3,5-6,9-10,13,16H,4,7-8,11-12,14-15H2,1H3,(H,21,23). The van der Waals surface area contributed by atoms with E-state index in [0.29, 0.717) is 13.2 Å². The van der Waals surface area contributed by atoms with Crippen molar-refractivity contribution in [3.05, 3.63) is 42.5 Å². The number of ether oxygens (including phenoxy) is 1. The number of hydrogen-bond acceptors (Lipinski definition) is 4. The van der Waals surface area contributed by atoms with Gasteiger partial charge in [0.25, 0.3) is 0 Å². The monoisotopic (exact) mass is 390 g/mol. The fourth-order valence-electron chi connectivity index (χ4n) is 2.79. The van der Waals surface area contributed by atoms with Crippen LogP contribution in [0.3, 0.4) is 0 Å². The Kier molecular flexibility index (Phi) is 6.46. The molecule has 2 aromatic carbocycles. The molecule has 1 saturated carbocycles. The fraction of sp³-hybridized carbons (Fsp3) is 0.450. The van der Waals surface area contributed by atoms with Crippen molar-refractivity contribution in [1.29, 1.82) is 0 Å². The predicted octanol–water partition coefficient (Wildman–Crippen LogP) is 2.39. The van der Waals surface area contributed by atoms with Crippen LogP contribution in [0, 0.1) is 5.92 Å². The van der Waals surface area contributed by atoms with E-state index in [1.54, 1.807) is 18.2 Å². The zero-order valence-corrected chi connectivity index (χ0v) is 16.4. The summed E-state index contributed by atoms with van der Waals surface area (Å²) >= 11 is 0. The highest BCUT2D eigenvalue weighted by atomic mass is 32.2. The average molecular weight is 391 g/mol. The molecule has 0 unspecified atom stereocenters. The summed E-state index contributed by atoms with van der Waals surface area (Å²) in [6.45, 7) is 1.69. The molecule has 0 atom stereocenters. The smallest absolute Gasteiger partial charge is 0.243 e. The van der Waals surface area contributed by atoms with Crippen LogP contribution in [-0.2, 0) is 19.6 Å². The van der Waals surface area contributed by atoms with Crippen LogP contribution in [0.25, 0.3) is 10.8 Å². The number of likely N-dealkylation sites (N-methyl/N-ethyl adjacent to an activating group) is 1. The number of nitrogens with zero attached hydrogens (tertiary/aromatic N) is 1. The molecule has 1 aliphatic carbocycles. The molecule has 1 aliphatic rings. The molecule has 1 amide bonds. The van der Waals surface area contributed by atoms with E-state index < -0.39 is 10.0 Å². The van der Waals surface area contributed by atoms with Crippen LogP contribution >= 0.6 is 0 Å². The van der Waals surface area contributed by atoms with Gasteiger partial charge in [-0.3, -0.25) is 4.79 Å². The van der Waals surface area contributed by atoms with Crippen molar-refractivity contribution in [3.63, 3.8) is 0 Å². The highest BCUT2D eigenvalue weighted by Crippen LogP contribution is 2.28. The quantitative estimate of drug-likeness (QED) is 0.632. The molecule has 0 bridgehead atoms. The first-order valence-corrected chi connectivity index (χ1v) is 10.7. The minimum absolute atomic E-state index is 0.185. The third kappa shape index (κ3) is 5.51. The van der Waals surface area contributed by atoms with Gasteiger partial charge < -0.3 is 10.1 Å². The van der Waals surface area contributed by atoms with Crippen LogP contribution in [0.2, 0.25) is 0 Å². The van der Waals surface area contributed by atoms with Gasteiger partial charge in [-0.05, 0) is 48.1 Å². The number of rotatable bonds is 10. The molecule has 3 rings (SSSR count). The van der Waals surface area contributed by atoms with Crippen molar-refractivity contribution in [2.75, 3.05) is 33.4 Å². The summed E-state index contributed by atoms with van der Waals surface area (Å²) in [6.07, 6.45) is 3.24. The minimum atomic E-state index is -3.72. The average Bonchev–Trinajstić information content (AvgIpc) is 3.48. The van der Waals surface area contributed by atoms with Crippen molar-refractivity contribution < 1.29 is 17.9 Å². The van der Waals surface area contributed by atoms with Crippen molar-refractivity contribution in [2.45, 2.75) is 24.2 Å². The van der Waals surface area contributed by atoms with Crippen molar-refractivity contribution in [2.24, 2.45) is 5.92 Å². The highest BCUT2D eigenvalue weighted by Gasteiger charge is 2.23. The minimum Gasteiger partial charge on any atom is -0.381 e. The number of benzene rings is 2. The lowest BCUT2D eigenvalue weighted by molar-refractivity contribution is -0.121. The Labute approximate surface area is 160 Å². The molecule has 2 aromatic rings. The summed E-state index contributed by atoms with van der Waals surface area (Å²) in [6, 6.07) is 12.6. The number of hydrogen-bond donors (Lipinski definition) is 1. The van der Waals surface area contributed by atoms with Gasteiger partial charge in [0.05, 0.1) is 11.4 Å². The van der Waals surface area contributed by atoms with Crippen LogP contribution in [0.1, 0.15) is 19.3 Å². The summed E-state index contributed by atoms with van der Waals surface area (Å²) in [4.78, 5) is 12.2. The van der Waals surface area contributed by atoms with Crippen molar-refractivity contribution >= 4 is 26.7 Å². The van der Waals surface area contributed by atoms with E-state index in [1.165, 1.54) is 19.9 Å². The molecule has 0 heterocycles. The Bertz CT molecular complexity index is 894. The molecule has 7 heteroatoms. The van der Waals surface area contributed by atoms with Crippen LogP contribution in [0.4, 0.5) is 0 Å². The second-order valence-corrected chi connectivity index (χ2v) is 9.04.